The zero-order valence-corrected chi connectivity index (χ0v) is 12.3. The Balaban J connectivity index is 2.19. The topological polar surface area (TPSA) is 26.0 Å². The predicted octanol–water partition coefficient (Wildman–Crippen LogP) is 4.67. The monoisotopic (exact) mass is 291 g/mol. The molecule has 0 spiro atoms. The van der Waals surface area contributed by atoms with Crippen molar-refractivity contribution >= 4 is 11.6 Å². The van der Waals surface area contributed by atoms with Crippen molar-refractivity contribution in [2.24, 2.45) is 5.73 Å². The number of aryl methyl sites for hydroxylation is 1. The Hall–Kier alpha value is -1.38. The summed E-state index contributed by atoms with van der Waals surface area (Å²) in [6.45, 7) is 2.14. The van der Waals surface area contributed by atoms with E-state index in [2.05, 4.69) is 19.1 Å². The van der Waals surface area contributed by atoms with E-state index in [1.807, 2.05) is 12.1 Å². The Kier molecular flexibility index (Phi) is 5.16. The molecule has 2 aromatic rings. The fourth-order valence-corrected chi connectivity index (χ4v) is 2.57. The molecule has 3 heteroatoms. The van der Waals surface area contributed by atoms with Crippen molar-refractivity contribution in [1.82, 2.24) is 0 Å². The van der Waals surface area contributed by atoms with E-state index in [-0.39, 0.29) is 11.9 Å². The van der Waals surface area contributed by atoms with Crippen molar-refractivity contribution in [2.75, 3.05) is 0 Å². The van der Waals surface area contributed by atoms with Crippen LogP contribution < -0.4 is 5.73 Å². The third-order valence-corrected chi connectivity index (χ3v) is 3.76. The molecule has 0 aliphatic heterocycles. The van der Waals surface area contributed by atoms with Gasteiger partial charge in [0.1, 0.15) is 5.82 Å². The molecule has 0 amide bonds. The van der Waals surface area contributed by atoms with Gasteiger partial charge in [0.25, 0.3) is 0 Å². The number of hydrogen-bond donors (Lipinski definition) is 1. The van der Waals surface area contributed by atoms with Gasteiger partial charge in [0.2, 0.25) is 0 Å². The lowest BCUT2D eigenvalue weighted by Gasteiger charge is -2.15. The molecule has 2 N–H and O–H groups in total. The van der Waals surface area contributed by atoms with Crippen LogP contribution in [0.4, 0.5) is 4.39 Å². The van der Waals surface area contributed by atoms with Crippen molar-refractivity contribution < 1.29 is 4.39 Å². The average molecular weight is 292 g/mol. The third-order valence-electron chi connectivity index (χ3n) is 3.40. The maximum atomic E-state index is 13.8. The van der Waals surface area contributed by atoms with Crippen molar-refractivity contribution in [3.8, 4) is 0 Å². The van der Waals surface area contributed by atoms with Gasteiger partial charge in [-0.3, -0.25) is 0 Å². The van der Waals surface area contributed by atoms with Crippen LogP contribution in [0.2, 0.25) is 5.02 Å². The molecule has 2 rings (SSSR count). The lowest BCUT2D eigenvalue weighted by atomic mass is 9.97. The molecular weight excluding hydrogens is 273 g/mol. The summed E-state index contributed by atoms with van der Waals surface area (Å²) in [5, 5.41) is 0.435. The summed E-state index contributed by atoms with van der Waals surface area (Å²) in [5.74, 6) is -0.294. The summed E-state index contributed by atoms with van der Waals surface area (Å²) in [6.07, 6.45) is 2.53. The summed E-state index contributed by atoms with van der Waals surface area (Å²) >= 11 is 6.05. The molecule has 2 aromatic carbocycles. The van der Waals surface area contributed by atoms with E-state index in [9.17, 15) is 4.39 Å². The van der Waals surface area contributed by atoms with E-state index < -0.39 is 0 Å². The van der Waals surface area contributed by atoms with Gasteiger partial charge in [-0.2, -0.15) is 0 Å². The van der Waals surface area contributed by atoms with Crippen LogP contribution in [0.5, 0.6) is 0 Å². The standard InChI is InChI=1S/C17H19ClFN/c1-2-5-12-6-3-7-13(10-12)17(20)11-14-15(18)8-4-9-16(14)19/h3-4,6-10,17H,2,5,11,20H2,1H3. The third kappa shape index (κ3) is 3.59. The van der Waals surface area contributed by atoms with Crippen LogP contribution >= 0.6 is 11.6 Å². The highest BCUT2D eigenvalue weighted by Gasteiger charge is 2.13. The average Bonchev–Trinajstić information content (AvgIpc) is 2.43. The molecule has 1 atom stereocenters. The maximum Gasteiger partial charge on any atom is 0.127 e. The molecule has 1 nitrogen and oxygen atoms in total. The van der Waals surface area contributed by atoms with Gasteiger partial charge in [-0.1, -0.05) is 55.3 Å². The molecule has 0 saturated carbocycles. The van der Waals surface area contributed by atoms with Gasteiger partial charge in [0.05, 0.1) is 0 Å². The molecule has 106 valence electrons. The van der Waals surface area contributed by atoms with Crippen LogP contribution in [-0.2, 0) is 12.8 Å². The maximum absolute atomic E-state index is 13.8. The summed E-state index contributed by atoms with van der Waals surface area (Å²) in [6, 6.07) is 12.7. The van der Waals surface area contributed by atoms with E-state index in [0.717, 1.165) is 18.4 Å². The van der Waals surface area contributed by atoms with Gasteiger partial charge in [0, 0.05) is 16.6 Å². The van der Waals surface area contributed by atoms with E-state index in [4.69, 9.17) is 17.3 Å². The first-order chi connectivity index (χ1) is 9.61. The minimum absolute atomic E-state index is 0.249. The van der Waals surface area contributed by atoms with Crippen molar-refractivity contribution in [3.63, 3.8) is 0 Å². The van der Waals surface area contributed by atoms with Crippen LogP contribution in [0.3, 0.4) is 0 Å². The van der Waals surface area contributed by atoms with Crippen molar-refractivity contribution in [3.05, 3.63) is 70.0 Å². The summed E-state index contributed by atoms with van der Waals surface area (Å²) in [7, 11) is 0. The highest BCUT2D eigenvalue weighted by atomic mass is 35.5. The van der Waals surface area contributed by atoms with Gasteiger partial charge in [-0.05, 0) is 36.1 Å². The van der Waals surface area contributed by atoms with Gasteiger partial charge in [-0.15, -0.1) is 0 Å². The Morgan fingerprint density at radius 1 is 1.20 bits per heavy atom. The Morgan fingerprint density at radius 3 is 2.65 bits per heavy atom. The van der Waals surface area contributed by atoms with Gasteiger partial charge in [0.15, 0.2) is 0 Å². The van der Waals surface area contributed by atoms with Gasteiger partial charge >= 0.3 is 0 Å². The first kappa shape index (κ1) is 15.0. The minimum atomic E-state index is -0.294. The number of hydrogen-bond acceptors (Lipinski definition) is 1. The second kappa shape index (κ2) is 6.87. The van der Waals surface area contributed by atoms with Crippen LogP contribution in [0.15, 0.2) is 42.5 Å². The minimum Gasteiger partial charge on any atom is -0.324 e. The Labute approximate surface area is 124 Å². The molecule has 0 radical (unpaired) electrons. The fourth-order valence-electron chi connectivity index (χ4n) is 2.33. The highest BCUT2D eigenvalue weighted by Crippen LogP contribution is 2.25. The second-order valence-electron chi connectivity index (χ2n) is 5.01. The zero-order valence-electron chi connectivity index (χ0n) is 11.6. The normalized spacial score (nSPS) is 12.4. The molecular formula is C17H19ClFN. The molecule has 0 heterocycles. The smallest absolute Gasteiger partial charge is 0.127 e. The highest BCUT2D eigenvalue weighted by molar-refractivity contribution is 6.31. The molecule has 0 saturated heterocycles. The Morgan fingerprint density at radius 2 is 1.95 bits per heavy atom. The summed E-state index contributed by atoms with van der Waals surface area (Å²) in [5.41, 5.74) is 8.98. The lowest BCUT2D eigenvalue weighted by Crippen LogP contribution is -2.14. The van der Waals surface area contributed by atoms with Gasteiger partial charge in [-0.25, -0.2) is 4.39 Å². The van der Waals surface area contributed by atoms with E-state index in [1.54, 1.807) is 12.1 Å². The van der Waals surface area contributed by atoms with Crippen LogP contribution in [-0.4, -0.2) is 0 Å². The fraction of sp³-hybridized carbons (Fsp3) is 0.294. The summed E-state index contributed by atoms with van der Waals surface area (Å²) < 4.78 is 13.8. The van der Waals surface area contributed by atoms with Crippen LogP contribution in [0.1, 0.15) is 36.1 Å². The van der Waals surface area contributed by atoms with Crippen LogP contribution in [0, 0.1) is 5.82 Å². The molecule has 0 fully saturated rings. The molecule has 0 aromatic heterocycles. The SMILES string of the molecule is CCCc1cccc(C(N)Cc2c(F)cccc2Cl)c1. The van der Waals surface area contributed by atoms with E-state index >= 15 is 0 Å². The Bertz CT molecular complexity index is 563. The molecule has 0 aliphatic carbocycles. The molecule has 20 heavy (non-hydrogen) atoms. The first-order valence-corrected chi connectivity index (χ1v) is 7.27. The predicted molar refractivity (Wildman–Crippen MR) is 82.5 cm³/mol. The van der Waals surface area contributed by atoms with E-state index in [1.165, 1.54) is 11.6 Å². The largest absolute Gasteiger partial charge is 0.324 e. The van der Waals surface area contributed by atoms with Crippen molar-refractivity contribution in [1.29, 1.82) is 0 Å². The summed E-state index contributed by atoms with van der Waals surface area (Å²) in [4.78, 5) is 0. The number of halogens is 2. The number of rotatable bonds is 5. The second-order valence-corrected chi connectivity index (χ2v) is 5.41. The number of nitrogens with two attached hydrogens (primary N) is 1. The number of benzene rings is 2. The van der Waals surface area contributed by atoms with Gasteiger partial charge < -0.3 is 5.73 Å². The molecule has 0 bridgehead atoms. The zero-order chi connectivity index (χ0) is 14.5. The lowest BCUT2D eigenvalue weighted by molar-refractivity contribution is 0.593. The molecule has 1 unspecified atom stereocenters. The van der Waals surface area contributed by atoms with Crippen LogP contribution in [0.25, 0.3) is 0 Å². The quantitative estimate of drug-likeness (QED) is 0.851. The first-order valence-electron chi connectivity index (χ1n) is 6.89. The van der Waals surface area contributed by atoms with Crippen molar-refractivity contribution in [2.45, 2.75) is 32.2 Å². The molecule has 0 aliphatic rings. The van der Waals surface area contributed by atoms with E-state index in [0.29, 0.717) is 17.0 Å².